The van der Waals surface area contributed by atoms with Crippen LogP contribution in [0.2, 0.25) is 0 Å². The van der Waals surface area contributed by atoms with Gasteiger partial charge in [0.05, 0.1) is 30.2 Å². The molecule has 0 aromatic heterocycles. The van der Waals surface area contributed by atoms with E-state index in [-0.39, 0.29) is 36.8 Å². The van der Waals surface area contributed by atoms with Crippen molar-refractivity contribution >= 4 is 35.3 Å². The molecule has 6 N–H and O–H groups in total. The van der Waals surface area contributed by atoms with Crippen LogP contribution in [0.25, 0.3) is 0 Å². The average Bonchev–Trinajstić information content (AvgIpc) is 2.80. The maximum atomic E-state index is 12.9. The zero-order valence-electron chi connectivity index (χ0n) is 19.4. The summed E-state index contributed by atoms with van der Waals surface area (Å²) in [7, 11) is 0. The number of Topliss-reactive ketones (excluding diaryl/α,β-unsaturated/α-hetero) is 1. The van der Waals surface area contributed by atoms with Gasteiger partial charge in [0.25, 0.3) is 0 Å². The van der Waals surface area contributed by atoms with Crippen LogP contribution in [-0.2, 0) is 27.2 Å². The van der Waals surface area contributed by atoms with Crippen LogP contribution in [0.5, 0.6) is 11.5 Å². The Hall–Kier alpha value is -4.41. The van der Waals surface area contributed by atoms with Crippen LogP contribution in [-0.4, -0.2) is 46.5 Å². The Bertz CT molecular complexity index is 1200. The van der Waals surface area contributed by atoms with E-state index in [1.807, 2.05) is 0 Å². The summed E-state index contributed by atoms with van der Waals surface area (Å²) in [5, 5.41) is 18.0. The minimum Gasteiger partial charge on any atom is -0.489 e. The number of aryl methyl sites for hydroxylation is 2. The van der Waals surface area contributed by atoms with Crippen molar-refractivity contribution in [2.45, 2.75) is 38.5 Å². The number of nitrogens with zero attached hydrogens (tertiary/aromatic N) is 1. The van der Waals surface area contributed by atoms with Crippen LogP contribution in [0.4, 0.5) is 5.69 Å². The lowest BCUT2D eigenvalue weighted by molar-refractivity contribution is -0.149. The van der Waals surface area contributed by atoms with Crippen molar-refractivity contribution < 1.29 is 38.9 Å². The highest BCUT2D eigenvalue weighted by Gasteiger charge is 2.25. The number of esters is 1. The average molecular weight is 498 g/mol. The minimum absolute atomic E-state index is 0.0203. The Morgan fingerprint density at radius 1 is 1.08 bits per heavy atom. The summed E-state index contributed by atoms with van der Waals surface area (Å²) in [6.07, 6.45) is 0.258. The second-order valence-corrected chi connectivity index (χ2v) is 8.34. The quantitative estimate of drug-likeness (QED) is 0.173. The number of guanidine groups is 1. The van der Waals surface area contributed by atoms with E-state index in [9.17, 15) is 19.2 Å². The fourth-order valence-corrected chi connectivity index (χ4v) is 3.91. The maximum absolute atomic E-state index is 12.9. The minimum atomic E-state index is -1.33. The fourth-order valence-electron chi connectivity index (χ4n) is 3.91. The number of fused-ring (bicyclic) bond motifs is 2. The van der Waals surface area contributed by atoms with Gasteiger partial charge in [-0.3, -0.25) is 14.4 Å². The molecule has 2 aromatic carbocycles. The largest absolute Gasteiger partial charge is 0.489 e. The number of benzene rings is 2. The van der Waals surface area contributed by atoms with Crippen molar-refractivity contribution in [2.75, 3.05) is 6.61 Å². The molecule has 2 aromatic rings. The Morgan fingerprint density at radius 3 is 2.56 bits per heavy atom. The van der Waals surface area contributed by atoms with E-state index in [0.717, 1.165) is 0 Å². The van der Waals surface area contributed by atoms with Gasteiger partial charge < -0.3 is 31.2 Å². The van der Waals surface area contributed by atoms with Gasteiger partial charge in [-0.1, -0.05) is 12.1 Å². The standard InChI is InChI=1S/C25H27N3O8/c26-25(27)28-17-7-9-19-15(11-17)4-2-10-35-22-14(3-1-5-20(22)36-24(19)34)6-8-18(29)12-16(23(32)33)13-21(30)31/h1,3,5,7,9,11,16H,2,4,6,8,10,12-13H2,(H,30,31)(H,32,33)(H4,26,27,28)/t16-/m0/s1. The molecule has 1 aliphatic rings. The van der Waals surface area contributed by atoms with Crippen molar-refractivity contribution in [3.63, 3.8) is 0 Å². The number of carbonyl (C=O) groups excluding carboxylic acids is 2. The molecule has 1 heterocycles. The van der Waals surface area contributed by atoms with Crippen molar-refractivity contribution in [1.29, 1.82) is 0 Å². The van der Waals surface area contributed by atoms with Gasteiger partial charge in [0, 0.05) is 12.8 Å². The van der Waals surface area contributed by atoms with E-state index in [0.29, 0.717) is 47.6 Å². The zero-order valence-corrected chi connectivity index (χ0v) is 19.4. The van der Waals surface area contributed by atoms with Crippen LogP contribution >= 0.6 is 0 Å². The predicted molar refractivity (Wildman–Crippen MR) is 128 cm³/mol. The lowest BCUT2D eigenvalue weighted by Crippen LogP contribution is -2.22. The summed E-state index contributed by atoms with van der Waals surface area (Å²) in [5.74, 6) is -4.44. The van der Waals surface area contributed by atoms with Crippen LogP contribution in [0.15, 0.2) is 41.4 Å². The molecule has 0 saturated carbocycles. The second-order valence-electron chi connectivity index (χ2n) is 8.34. The third-order valence-electron chi connectivity index (χ3n) is 5.58. The molecule has 0 amide bonds. The summed E-state index contributed by atoms with van der Waals surface area (Å²) in [4.78, 5) is 51.5. The molecular formula is C25H27N3O8. The molecule has 0 unspecified atom stereocenters. The summed E-state index contributed by atoms with van der Waals surface area (Å²) >= 11 is 0. The Balaban J connectivity index is 1.77. The monoisotopic (exact) mass is 497 g/mol. The first-order valence-corrected chi connectivity index (χ1v) is 11.3. The first-order chi connectivity index (χ1) is 17.1. The third kappa shape index (κ3) is 7.05. The van der Waals surface area contributed by atoms with Gasteiger partial charge in [-0.15, -0.1) is 0 Å². The topological polar surface area (TPSA) is 192 Å². The lowest BCUT2D eigenvalue weighted by atomic mass is 9.95. The van der Waals surface area contributed by atoms with Crippen LogP contribution in [0.3, 0.4) is 0 Å². The molecule has 0 radical (unpaired) electrons. The van der Waals surface area contributed by atoms with Gasteiger partial charge in [0.2, 0.25) is 0 Å². The number of hydrogen-bond donors (Lipinski definition) is 4. The molecular weight excluding hydrogens is 470 g/mol. The molecule has 0 bridgehead atoms. The number of hydrogen-bond acceptors (Lipinski definition) is 7. The van der Waals surface area contributed by atoms with Crippen LogP contribution < -0.4 is 20.9 Å². The van der Waals surface area contributed by atoms with Crippen molar-refractivity contribution in [3.8, 4) is 11.5 Å². The molecule has 1 atom stereocenters. The highest BCUT2D eigenvalue weighted by atomic mass is 16.6. The normalized spacial score (nSPS) is 13.7. The first-order valence-electron chi connectivity index (χ1n) is 11.3. The van der Waals surface area contributed by atoms with Gasteiger partial charge in [-0.05, 0) is 54.7 Å². The summed E-state index contributed by atoms with van der Waals surface area (Å²) < 4.78 is 11.6. The van der Waals surface area contributed by atoms with Gasteiger partial charge >= 0.3 is 17.9 Å². The van der Waals surface area contributed by atoms with Crippen LogP contribution in [0, 0.1) is 5.92 Å². The Morgan fingerprint density at radius 2 is 1.86 bits per heavy atom. The highest BCUT2D eigenvalue weighted by molar-refractivity contribution is 5.94. The van der Waals surface area contributed by atoms with Gasteiger partial charge in [-0.25, -0.2) is 9.79 Å². The number of aliphatic carboxylic acids is 2. The first kappa shape index (κ1) is 26.2. The lowest BCUT2D eigenvalue weighted by Gasteiger charge is -2.19. The van der Waals surface area contributed by atoms with Crippen molar-refractivity contribution in [2.24, 2.45) is 22.4 Å². The van der Waals surface area contributed by atoms with Gasteiger partial charge in [0.1, 0.15) is 5.78 Å². The number of carbonyl (C=O) groups is 4. The van der Waals surface area contributed by atoms with Crippen LogP contribution in [0.1, 0.15) is 47.2 Å². The van der Waals surface area contributed by atoms with E-state index in [1.54, 1.807) is 36.4 Å². The fraction of sp³-hybridized carbons (Fsp3) is 0.320. The number of rotatable bonds is 9. The van der Waals surface area contributed by atoms with E-state index in [4.69, 9.17) is 31.2 Å². The molecule has 190 valence electrons. The number of nitrogens with two attached hydrogens (primary N) is 2. The summed E-state index contributed by atoms with van der Waals surface area (Å²) in [5.41, 5.74) is 13.1. The molecule has 0 saturated heterocycles. The van der Waals surface area contributed by atoms with E-state index in [1.165, 1.54) is 0 Å². The highest BCUT2D eigenvalue weighted by Crippen LogP contribution is 2.34. The number of carboxylic acid groups (broad SMARTS) is 2. The molecule has 11 nitrogen and oxygen atoms in total. The number of aliphatic imine (C=N–C) groups is 1. The number of ketones is 1. The summed E-state index contributed by atoms with van der Waals surface area (Å²) in [6.45, 7) is 0.307. The van der Waals surface area contributed by atoms with Crippen molar-refractivity contribution in [3.05, 3.63) is 53.1 Å². The van der Waals surface area contributed by atoms with E-state index >= 15 is 0 Å². The number of carboxylic acids is 2. The molecule has 11 heteroatoms. The maximum Gasteiger partial charge on any atom is 0.343 e. The molecule has 36 heavy (non-hydrogen) atoms. The molecule has 3 rings (SSSR count). The summed E-state index contributed by atoms with van der Waals surface area (Å²) in [6, 6.07) is 9.90. The Kier molecular flexibility index (Phi) is 8.61. The SMILES string of the molecule is NC(N)=Nc1ccc2c(c1)CCCOc1c(CCC(=O)C[C@@H](CC(=O)O)C(=O)O)cccc1OC2=O. The van der Waals surface area contributed by atoms with E-state index in [2.05, 4.69) is 4.99 Å². The smallest absolute Gasteiger partial charge is 0.343 e. The zero-order chi connectivity index (χ0) is 26.2. The number of para-hydroxylation sites is 1. The number of ether oxygens (including phenoxy) is 2. The molecule has 0 fully saturated rings. The van der Waals surface area contributed by atoms with Crippen molar-refractivity contribution in [1.82, 2.24) is 0 Å². The van der Waals surface area contributed by atoms with Gasteiger partial charge in [0.15, 0.2) is 17.5 Å². The van der Waals surface area contributed by atoms with Gasteiger partial charge in [-0.2, -0.15) is 0 Å². The molecule has 0 aliphatic carbocycles. The Labute approximate surface area is 206 Å². The predicted octanol–water partition coefficient (Wildman–Crippen LogP) is 2.20. The molecule has 0 spiro atoms. The second kappa shape index (κ2) is 11.8. The third-order valence-corrected chi connectivity index (χ3v) is 5.58. The van der Waals surface area contributed by atoms with E-state index < -0.39 is 30.2 Å². The molecule has 1 aliphatic heterocycles.